The molecule has 3 rings (SSSR count). The fourth-order valence-electron chi connectivity index (χ4n) is 3.63. The van der Waals surface area contributed by atoms with Crippen molar-refractivity contribution in [2.75, 3.05) is 13.2 Å². The molecule has 0 aromatic heterocycles. The molecule has 0 bridgehead atoms. The number of carbonyl (C=O) groups excluding carboxylic acids is 2. The van der Waals surface area contributed by atoms with E-state index in [4.69, 9.17) is 16.3 Å². The zero-order valence-electron chi connectivity index (χ0n) is 19.8. The molecule has 35 heavy (non-hydrogen) atoms. The van der Waals surface area contributed by atoms with E-state index in [1.807, 2.05) is 55.5 Å². The second-order valence-electron chi connectivity index (χ2n) is 8.21. The standard InChI is InChI=1S/C28H30ClFN2O3/c1-2-3-17-31-28(34)26(18-21-9-5-4-6-10-21)32(19-22-11-7-8-12-25(22)29)27(33)20-35-24-15-13-23(30)14-16-24/h4-16,26H,2-3,17-20H2,1H3,(H,31,34). The monoisotopic (exact) mass is 496 g/mol. The second-order valence-corrected chi connectivity index (χ2v) is 8.61. The molecule has 0 fully saturated rings. The number of benzene rings is 3. The summed E-state index contributed by atoms with van der Waals surface area (Å²) in [6.07, 6.45) is 2.12. The van der Waals surface area contributed by atoms with Crippen molar-refractivity contribution in [1.29, 1.82) is 0 Å². The van der Waals surface area contributed by atoms with Crippen LogP contribution >= 0.6 is 11.6 Å². The molecule has 0 spiro atoms. The first-order valence-corrected chi connectivity index (χ1v) is 12.1. The van der Waals surface area contributed by atoms with Gasteiger partial charge in [0.1, 0.15) is 17.6 Å². The highest BCUT2D eigenvalue weighted by atomic mass is 35.5. The number of carbonyl (C=O) groups is 2. The molecule has 1 atom stereocenters. The molecule has 0 aliphatic heterocycles. The van der Waals surface area contributed by atoms with E-state index >= 15 is 0 Å². The molecular weight excluding hydrogens is 467 g/mol. The molecule has 3 aromatic rings. The zero-order valence-corrected chi connectivity index (χ0v) is 20.5. The lowest BCUT2D eigenvalue weighted by Crippen LogP contribution is -2.51. The first kappa shape index (κ1) is 26.2. The van der Waals surface area contributed by atoms with Crippen molar-refractivity contribution in [3.05, 3.63) is 101 Å². The average Bonchev–Trinajstić information content (AvgIpc) is 2.87. The van der Waals surface area contributed by atoms with Crippen molar-refractivity contribution in [2.24, 2.45) is 0 Å². The number of unbranched alkanes of at least 4 members (excludes halogenated alkanes) is 1. The Labute approximate surface area is 210 Å². The molecule has 0 aliphatic carbocycles. The Balaban J connectivity index is 1.88. The highest BCUT2D eigenvalue weighted by Crippen LogP contribution is 2.21. The summed E-state index contributed by atoms with van der Waals surface area (Å²) in [6.45, 7) is 2.42. The summed E-state index contributed by atoms with van der Waals surface area (Å²) in [5, 5.41) is 3.48. The highest BCUT2D eigenvalue weighted by Gasteiger charge is 2.31. The smallest absolute Gasteiger partial charge is 0.261 e. The predicted octanol–water partition coefficient (Wildman–Crippen LogP) is 5.41. The number of hydrogen-bond acceptors (Lipinski definition) is 3. The molecule has 0 radical (unpaired) electrons. The van der Waals surface area contributed by atoms with Gasteiger partial charge in [-0.1, -0.05) is 73.5 Å². The van der Waals surface area contributed by atoms with Crippen LogP contribution in [-0.4, -0.2) is 35.9 Å². The van der Waals surface area contributed by atoms with Crippen molar-refractivity contribution in [1.82, 2.24) is 10.2 Å². The summed E-state index contributed by atoms with van der Waals surface area (Å²) in [6, 6.07) is 21.5. The largest absolute Gasteiger partial charge is 0.484 e. The van der Waals surface area contributed by atoms with Crippen LogP contribution in [-0.2, 0) is 22.6 Å². The Morgan fingerprint density at radius 3 is 2.37 bits per heavy atom. The van der Waals surface area contributed by atoms with Gasteiger partial charge in [0.05, 0.1) is 0 Å². The lowest BCUT2D eigenvalue weighted by molar-refractivity contribution is -0.142. The van der Waals surface area contributed by atoms with Gasteiger partial charge in [0.25, 0.3) is 5.91 Å². The van der Waals surface area contributed by atoms with Crippen molar-refractivity contribution >= 4 is 23.4 Å². The van der Waals surface area contributed by atoms with E-state index in [1.165, 1.54) is 29.2 Å². The maximum absolute atomic E-state index is 13.5. The van der Waals surface area contributed by atoms with E-state index in [0.29, 0.717) is 23.7 Å². The predicted molar refractivity (Wildman–Crippen MR) is 136 cm³/mol. The van der Waals surface area contributed by atoms with Gasteiger partial charge in [0, 0.05) is 24.5 Å². The molecule has 1 unspecified atom stereocenters. The molecule has 0 aliphatic rings. The maximum atomic E-state index is 13.5. The first-order chi connectivity index (χ1) is 17.0. The van der Waals surface area contributed by atoms with E-state index in [9.17, 15) is 14.0 Å². The number of rotatable bonds is 12. The van der Waals surface area contributed by atoms with Crippen LogP contribution in [0, 0.1) is 5.82 Å². The third kappa shape index (κ3) is 8.11. The van der Waals surface area contributed by atoms with Crippen LogP contribution in [0.2, 0.25) is 5.02 Å². The molecule has 0 saturated carbocycles. The maximum Gasteiger partial charge on any atom is 0.261 e. The molecule has 0 saturated heterocycles. The summed E-state index contributed by atoms with van der Waals surface area (Å²) in [7, 11) is 0. The SMILES string of the molecule is CCCCNC(=O)C(Cc1ccccc1)N(Cc1ccccc1Cl)C(=O)COc1ccc(F)cc1. The van der Waals surface area contributed by atoms with Crippen LogP contribution in [0.25, 0.3) is 0 Å². The lowest BCUT2D eigenvalue weighted by atomic mass is 10.0. The fraction of sp³-hybridized carbons (Fsp3) is 0.286. The van der Waals surface area contributed by atoms with Crippen LogP contribution in [0.5, 0.6) is 5.75 Å². The molecule has 1 N–H and O–H groups in total. The average molecular weight is 497 g/mol. The van der Waals surface area contributed by atoms with E-state index in [1.54, 1.807) is 6.07 Å². The minimum Gasteiger partial charge on any atom is -0.484 e. The lowest BCUT2D eigenvalue weighted by Gasteiger charge is -2.31. The van der Waals surface area contributed by atoms with Crippen molar-refractivity contribution < 1.29 is 18.7 Å². The second kappa shape index (κ2) is 13.5. The van der Waals surface area contributed by atoms with E-state index in [-0.39, 0.29) is 25.0 Å². The van der Waals surface area contributed by atoms with Gasteiger partial charge in [-0.15, -0.1) is 0 Å². The fourth-order valence-corrected chi connectivity index (χ4v) is 3.82. The van der Waals surface area contributed by atoms with E-state index in [0.717, 1.165) is 24.0 Å². The van der Waals surface area contributed by atoms with Gasteiger partial charge < -0.3 is 15.0 Å². The van der Waals surface area contributed by atoms with Gasteiger partial charge in [0.2, 0.25) is 5.91 Å². The summed E-state index contributed by atoms with van der Waals surface area (Å²) in [5.41, 5.74) is 1.66. The molecule has 0 heterocycles. The molecule has 3 aromatic carbocycles. The summed E-state index contributed by atoms with van der Waals surface area (Å²) >= 11 is 6.40. The zero-order chi connectivity index (χ0) is 25.0. The summed E-state index contributed by atoms with van der Waals surface area (Å²) in [4.78, 5) is 28.3. The number of nitrogens with zero attached hydrogens (tertiary/aromatic N) is 1. The van der Waals surface area contributed by atoms with Crippen LogP contribution in [0.4, 0.5) is 4.39 Å². The Morgan fingerprint density at radius 1 is 1.00 bits per heavy atom. The quantitative estimate of drug-likeness (QED) is 0.341. The molecule has 5 nitrogen and oxygen atoms in total. The first-order valence-electron chi connectivity index (χ1n) is 11.7. The normalized spacial score (nSPS) is 11.5. The highest BCUT2D eigenvalue weighted by molar-refractivity contribution is 6.31. The molecule has 184 valence electrons. The molecular formula is C28H30ClFN2O3. The van der Waals surface area contributed by atoms with Crippen molar-refractivity contribution in [3.63, 3.8) is 0 Å². The third-order valence-corrected chi connectivity index (χ3v) is 5.94. The minimum absolute atomic E-state index is 0.143. The van der Waals surface area contributed by atoms with Gasteiger partial charge in [-0.05, 0) is 47.9 Å². The topological polar surface area (TPSA) is 58.6 Å². The minimum atomic E-state index is -0.769. The molecule has 2 amide bonds. The van der Waals surface area contributed by atoms with Crippen LogP contribution < -0.4 is 10.1 Å². The summed E-state index contributed by atoms with van der Waals surface area (Å²) in [5.74, 6) is -0.634. The number of halogens is 2. The van der Waals surface area contributed by atoms with E-state index in [2.05, 4.69) is 5.32 Å². The Kier molecular flexibility index (Phi) is 10.1. The number of hydrogen-bond donors (Lipinski definition) is 1. The van der Waals surface area contributed by atoms with Crippen LogP contribution in [0.3, 0.4) is 0 Å². The Hall–Kier alpha value is -3.38. The Bertz CT molecular complexity index is 1090. The van der Waals surface area contributed by atoms with Gasteiger partial charge in [0.15, 0.2) is 6.61 Å². The van der Waals surface area contributed by atoms with Crippen LogP contribution in [0.15, 0.2) is 78.9 Å². The van der Waals surface area contributed by atoms with Crippen molar-refractivity contribution in [3.8, 4) is 5.75 Å². The van der Waals surface area contributed by atoms with Crippen molar-refractivity contribution in [2.45, 2.75) is 38.8 Å². The van der Waals surface area contributed by atoms with Gasteiger partial charge in [-0.2, -0.15) is 0 Å². The number of amides is 2. The van der Waals surface area contributed by atoms with E-state index < -0.39 is 11.9 Å². The number of ether oxygens (including phenoxy) is 1. The van der Waals surface area contributed by atoms with Gasteiger partial charge >= 0.3 is 0 Å². The summed E-state index contributed by atoms with van der Waals surface area (Å²) < 4.78 is 18.9. The Morgan fingerprint density at radius 2 is 1.69 bits per heavy atom. The third-order valence-electron chi connectivity index (χ3n) is 5.58. The van der Waals surface area contributed by atoms with Crippen LogP contribution in [0.1, 0.15) is 30.9 Å². The molecule has 7 heteroatoms. The number of nitrogens with one attached hydrogen (secondary N) is 1. The van der Waals surface area contributed by atoms with Gasteiger partial charge in [-0.25, -0.2) is 4.39 Å². The van der Waals surface area contributed by atoms with Gasteiger partial charge in [-0.3, -0.25) is 9.59 Å².